The minimum Gasteiger partial charge on any atom is -0.325 e. The predicted octanol–water partition coefficient (Wildman–Crippen LogP) is 3.80. The molecular weight excluding hydrogens is 265 g/mol. The van der Waals surface area contributed by atoms with E-state index in [1.54, 1.807) is 0 Å². The van der Waals surface area contributed by atoms with Crippen molar-refractivity contribution in [3.63, 3.8) is 0 Å². The van der Waals surface area contributed by atoms with Gasteiger partial charge in [-0.3, -0.25) is 0 Å². The van der Waals surface area contributed by atoms with E-state index in [0.717, 1.165) is 6.92 Å². The normalized spacial score (nSPS) is 16.9. The van der Waals surface area contributed by atoms with Crippen LogP contribution in [0.4, 0.5) is 22.0 Å². The highest BCUT2D eigenvalue weighted by atomic mass is 35.5. The van der Waals surface area contributed by atoms with E-state index in [-0.39, 0.29) is 18.7 Å². The van der Waals surface area contributed by atoms with E-state index in [4.69, 9.17) is 17.3 Å². The van der Waals surface area contributed by atoms with Crippen LogP contribution in [0.5, 0.6) is 0 Å². The van der Waals surface area contributed by atoms with Crippen LogP contribution in [0.2, 0.25) is 0 Å². The molecule has 7 heteroatoms. The molecule has 2 N–H and O–H groups in total. The zero-order valence-electron chi connectivity index (χ0n) is 9.54. The van der Waals surface area contributed by atoms with Gasteiger partial charge in [-0.1, -0.05) is 6.92 Å². The molecular formula is C10H17ClF5N. The average molecular weight is 282 g/mol. The second-order valence-corrected chi connectivity index (χ2v) is 4.55. The monoisotopic (exact) mass is 281 g/mol. The minimum absolute atomic E-state index is 0.0915. The Morgan fingerprint density at radius 1 is 1.18 bits per heavy atom. The molecule has 0 aromatic heterocycles. The summed E-state index contributed by atoms with van der Waals surface area (Å²) in [7, 11) is 0. The molecule has 104 valence electrons. The Balaban J connectivity index is 4.53. The van der Waals surface area contributed by atoms with Crippen LogP contribution in [-0.2, 0) is 0 Å². The van der Waals surface area contributed by atoms with Gasteiger partial charge in [0.05, 0.1) is 12.5 Å². The maximum Gasteiger partial charge on any atom is 0.391 e. The Hall–Kier alpha value is -0.100. The summed E-state index contributed by atoms with van der Waals surface area (Å²) >= 11 is 5.31. The number of alkyl halides is 6. The minimum atomic E-state index is -4.47. The standard InChI is InChI=1S/C10H17ClF5N/c1-7(9(12,13)6-17)5-8(3-2-4-11)10(14,15)16/h7-8H,2-6,17H2,1H3/t7?,8-/m1/s1. The van der Waals surface area contributed by atoms with Gasteiger partial charge in [-0.25, -0.2) is 8.78 Å². The molecule has 0 rings (SSSR count). The van der Waals surface area contributed by atoms with E-state index in [1.807, 2.05) is 0 Å². The summed E-state index contributed by atoms with van der Waals surface area (Å²) < 4.78 is 63.9. The number of rotatable bonds is 7. The van der Waals surface area contributed by atoms with Gasteiger partial charge in [0.1, 0.15) is 0 Å². The molecule has 0 radical (unpaired) electrons. The summed E-state index contributed by atoms with van der Waals surface area (Å²) in [6.07, 6.45) is -5.15. The first-order chi connectivity index (χ1) is 7.65. The Bertz CT molecular complexity index is 219. The lowest BCUT2D eigenvalue weighted by Gasteiger charge is -2.27. The van der Waals surface area contributed by atoms with Gasteiger partial charge in [0.2, 0.25) is 0 Å². The third-order valence-corrected chi connectivity index (χ3v) is 3.05. The highest BCUT2D eigenvalue weighted by Crippen LogP contribution is 2.38. The molecule has 17 heavy (non-hydrogen) atoms. The van der Waals surface area contributed by atoms with Crippen molar-refractivity contribution in [2.45, 2.75) is 38.3 Å². The van der Waals surface area contributed by atoms with Crippen molar-refractivity contribution in [3.8, 4) is 0 Å². The zero-order chi connectivity index (χ0) is 13.7. The molecule has 2 atom stereocenters. The molecule has 1 nitrogen and oxygen atoms in total. The fourth-order valence-corrected chi connectivity index (χ4v) is 1.69. The van der Waals surface area contributed by atoms with Crippen molar-refractivity contribution in [1.82, 2.24) is 0 Å². The summed E-state index contributed by atoms with van der Waals surface area (Å²) in [5, 5.41) is 0. The summed E-state index contributed by atoms with van der Waals surface area (Å²) in [5.74, 6) is -6.30. The Morgan fingerprint density at radius 2 is 1.71 bits per heavy atom. The lowest BCUT2D eigenvalue weighted by molar-refractivity contribution is -0.187. The van der Waals surface area contributed by atoms with Crippen LogP contribution in [0.25, 0.3) is 0 Å². The topological polar surface area (TPSA) is 26.0 Å². The van der Waals surface area contributed by atoms with Gasteiger partial charge >= 0.3 is 6.18 Å². The summed E-state index contributed by atoms with van der Waals surface area (Å²) in [5.41, 5.74) is 4.84. The Kier molecular flexibility index (Phi) is 6.69. The van der Waals surface area contributed by atoms with Gasteiger partial charge in [-0.05, 0) is 19.3 Å². The Labute approximate surface area is 102 Å². The average Bonchev–Trinajstić information content (AvgIpc) is 2.22. The molecule has 0 aliphatic rings. The molecule has 0 bridgehead atoms. The lowest BCUT2D eigenvalue weighted by atomic mass is 9.88. The highest BCUT2D eigenvalue weighted by Gasteiger charge is 2.44. The molecule has 0 aliphatic carbocycles. The number of hydrogen-bond donors (Lipinski definition) is 1. The van der Waals surface area contributed by atoms with Gasteiger partial charge in [-0.15, -0.1) is 11.6 Å². The van der Waals surface area contributed by atoms with Crippen LogP contribution >= 0.6 is 11.6 Å². The van der Waals surface area contributed by atoms with E-state index in [2.05, 4.69) is 0 Å². The number of nitrogens with two attached hydrogens (primary N) is 1. The maximum absolute atomic E-state index is 13.1. The van der Waals surface area contributed by atoms with Crippen LogP contribution in [0.3, 0.4) is 0 Å². The lowest BCUT2D eigenvalue weighted by Crippen LogP contribution is -2.38. The molecule has 0 aromatic carbocycles. The molecule has 0 saturated heterocycles. The number of hydrogen-bond acceptors (Lipinski definition) is 1. The van der Waals surface area contributed by atoms with Crippen molar-refractivity contribution in [2.24, 2.45) is 17.6 Å². The first kappa shape index (κ1) is 16.9. The number of halogens is 6. The highest BCUT2D eigenvalue weighted by molar-refractivity contribution is 6.17. The third-order valence-electron chi connectivity index (χ3n) is 2.78. The fraction of sp³-hybridized carbons (Fsp3) is 1.00. The third kappa shape index (κ3) is 5.86. The van der Waals surface area contributed by atoms with E-state index >= 15 is 0 Å². The Morgan fingerprint density at radius 3 is 2.06 bits per heavy atom. The molecule has 0 amide bonds. The van der Waals surface area contributed by atoms with Crippen LogP contribution in [0.15, 0.2) is 0 Å². The van der Waals surface area contributed by atoms with Crippen molar-refractivity contribution < 1.29 is 22.0 Å². The van der Waals surface area contributed by atoms with E-state index < -0.39 is 36.9 Å². The second-order valence-electron chi connectivity index (χ2n) is 4.17. The van der Waals surface area contributed by atoms with Crippen LogP contribution in [0, 0.1) is 11.8 Å². The van der Waals surface area contributed by atoms with Crippen molar-refractivity contribution >= 4 is 11.6 Å². The molecule has 0 heterocycles. The maximum atomic E-state index is 13.1. The molecule has 0 aliphatic heterocycles. The molecule has 0 fully saturated rings. The van der Waals surface area contributed by atoms with Crippen molar-refractivity contribution in [3.05, 3.63) is 0 Å². The molecule has 0 aromatic rings. The second kappa shape index (κ2) is 6.73. The molecule has 0 spiro atoms. The largest absolute Gasteiger partial charge is 0.391 e. The smallest absolute Gasteiger partial charge is 0.325 e. The predicted molar refractivity (Wildman–Crippen MR) is 57.3 cm³/mol. The SMILES string of the molecule is CC(C[C@@H](CCCCl)C(F)(F)F)C(F)(F)CN. The molecule has 0 saturated carbocycles. The summed E-state index contributed by atoms with van der Waals surface area (Å²) in [4.78, 5) is 0. The van der Waals surface area contributed by atoms with Gasteiger partial charge in [0.25, 0.3) is 5.92 Å². The van der Waals surface area contributed by atoms with Crippen molar-refractivity contribution in [2.75, 3.05) is 12.4 Å². The van der Waals surface area contributed by atoms with Gasteiger partial charge in [-0.2, -0.15) is 13.2 Å². The summed E-state index contributed by atoms with van der Waals surface area (Å²) in [6.45, 7) is 0.153. The van der Waals surface area contributed by atoms with Gasteiger partial charge in [0.15, 0.2) is 0 Å². The van der Waals surface area contributed by atoms with Crippen LogP contribution in [0.1, 0.15) is 26.2 Å². The van der Waals surface area contributed by atoms with E-state index in [1.165, 1.54) is 0 Å². The fourth-order valence-electron chi connectivity index (χ4n) is 1.54. The first-order valence-corrected chi connectivity index (χ1v) is 5.89. The zero-order valence-corrected chi connectivity index (χ0v) is 10.3. The van der Waals surface area contributed by atoms with Gasteiger partial charge in [0, 0.05) is 11.8 Å². The van der Waals surface area contributed by atoms with E-state index in [9.17, 15) is 22.0 Å². The van der Waals surface area contributed by atoms with Crippen LogP contribution < -0.4 is 5.73 Å². The quantitative estimate of drug-likeness (QED) is 0.557. The van der Waals surface area contributed by atoms with Crippen LogP contribution in [-0.4, -0.2) is 24.5 Å². The van der Waals surface area contributed by atoms with Gasteiger partial charge < -0.3 is 5.73 Å². The first-order valence-electron chi connectivity index (χ1n) is 5.35. The van der Waals surface area contributed by atoms with E-state index in [0.29, 0.717) is 0 Å². The van der Waals surface area contributed by atoms with Crippen molar-refractivity contribution in [1.29, 1.82) is 0 Å². The molecule has 1 unspecified atom stereocenters. The summed E-state index contributed by atoms with van der Waals surface area (Å²) in [6, 6.07) is 0.